The zero-order valence-electron chi connectivity index (χ0n) is 51.1. The lowest BCUT2D eigenvalue weighted by Crippen LogP contribution is -2.45. The number of carbonyl (C=O) groups is 1. The van der Waals surface area contributed by atoms with Gasteiger partial charge in [0.05, 0.1) is 39.9 Å². The summed E-state index contributed by atoms with van der Waals surface area (Å²) in [5.41, 5.74) is 0. The number of phosphoric acid groups is 1. The standard InChI is InChI=1S/C66H131N2O6P/c1-6-8-10-12-14-16-18-20-22-24-26-28-30-31-32-33-34-35-36-37-38-40-42-44-46-48-50-52-54-56-58-60-66(70)67-64(63-74-75(71,72)73-62-61-68(3,4)5)65(69)59-57-55-53-51-49-47-45-43-41-39-29-27-25-23-21-19-17-15-13-11-9-7-2/h31-32,57,59,64-65,69H,6-30,33-56,58,60-63H2,1-5H3,(H-,67,70,71,72)/p+1/b32-31-,59-57+. The first kappa shape index (κ1) is 74.0. The molecule has 0 heterocycles. The Labute approximate surface area is 468 Å². The van der Waals surface area contributed by atoms with E-state index in [-0.39, 0.29) is 19.1 Å². The molecule has 0 saturated carbocycles. The van der Waals surface area contributed by atoms with E-state index in [1.54, 1.807) is 6.08 Å². The van der Waals surface area contributed by atoms with Crippen molar-refractivity contribution in [2.24, 2.45) is 0 Å². The van der Waals surface area contributed by atoms with Crippen LogP contribution >= 0.6 is 7.82 Å². The minimum absolute atomic E-state index is 0.0640. The highest BCUT2D eigenvalue weighted by molar-refractivity contribution is 7.47. The Bertz CT molecular complexity index is 1270. The SMILES string of the molecule is CCCCCCCCCCCCCC/C=C\CCCCCCCCCCCCCCCCCC(=O)NC(COP(=O)(O)OCC[N+](C)(C)C)C(O)/C=C/CCCCCCCCCCCCCCCCCCCCCC. The summed E-state index contributed by atoms with van der Waals surface area (Å²) >= 11 is 0. The first-order valence-corrected chi connectivity index (χ1v) is 34.7. The molecular weight excluding hydrogens is 948 g/mol. The molecule has 3 atom stereocenters. The monoisotopic (exact) mass is 1080 g/mol. The zero-order chi connectivity index (χ0) is 54.9. The topological polar surface area (TPSA) is 105 Å². The van der Waals surface area contributed by atoms with Crippen molar-refractivity contribution in [3.63, 3.8) is 0 Å². The van der Waals surface area contributed by atoms with Crippen LogP contribution in [0.1, 0.15) is 341 Å². The number of nitrogens with one attached hydrogen (secondary N) is 1. The largest absolute Gasteiger partial charge is 0.472 e. The maximum Gasteiger partial charge on any atom is 0.472 e. The van der Waals surface area contributed by atoms with E-state index >= 15 is 0 Å². The molecule has 0 spiro atoms. The van der Waals surface area contributed by atoms with Crippen LogP contribution in [0.2, 0.25) is 0 Å². The fraction of sp³-hybridized carbons (Fsp3) is 0.924. The van der Waals surface area contributed by atoms with Crippen molar-refractivity contribution in [3.05, 3.63) is 24.3 Å². The third-order valence-corrected chi connectivity index (χ3v) is 16.4. The first-order valence-electron chi connectivity index (χ1n) is 33.2. The highest BCUT2D eigenvalue weighted by Gasteiger charge is 2.28. The van der Waals surface area contributed by atoms with Gasteiger partial charge in [-0.3, -0.25) is 13.8 Å². The molecule has 75 heavy (non-hydrogen) atoms. The molecule has 0 rings (SSSR count). The Morgan fingerprint density at radius 3 is 1.03 bits per heavy atom. The fourth-order valence-electron chi connectivity index (χ4n) is 10.2. The van der Waals surface area contributed by atoms with Crippen LogP contribution in [0.3, 0.4) is 0 Å². The van der Waals surface area contributed by atoms with E-state index in [2.05, 4.69) is 31.3 Å². The van der Waals surface area contributed by atoms with Crippen LogP contribution in [0, 0.1) is 0 Å². The molecule has 3 N–H and O–H groups in total. The van der Waals surface area contributed by atoms with Gasteiger partial charge in [0.25, 0.3) is 0 Å². The number of amides is 1. The molecule has 0 aliphatic heterocycles. The molecule has 0 fully saturated rings. The Morgan fingerprint density at radius 2 is 0.720 bits per heavy atom. The fourth-order valence-corrected chi connectivity index (χ4v) is 11.0. The number of carbonyl (C=O) groups excluding carboxylic acids is 1. The molecule has 0 aliphatic rings. The molecule has 0 saturated heterocycles. The summed E-state index contributed by atoms with van der Waals surface area (Å²) in [5, 5.41) is 14.0. The van der Waals surface area contributed by atoms with Crippen LogP contribution in [0.25, 0.3) is 0 Å². The van der Waals surface area contributed by atoms with Gasteiger partial charge < -0.3 is 19.8 Å². The van der Waals surface area contributed by atoms with Gasteiger partial charge in [0.15, 0.2) is 0 Å². The van der Waals surface area contributed by atoms with Crippen molar-refractivity contribution in [2.75, 3.05) is 40.9 Å². The van der Waals surface area contributed by atoms with Crippen LogP contribution in [0.4, 0.5) is 0 Å². The van der Waals surface area contributed by atoms with Gasteiger partial charge in [-0.25, -0.2) is 4.57 Å². The van der Waals surface area contributed by atoms with E-state index in [1.807, 2.05) is 27.2 Å². The highest BCUT2D eigenvalue weighted by Crippen LogP contribution is 2.43. The summed E-state index contributed by atoms with van der Waals surface area (Å²) < 4.78 is 23.8. The minimum Gasteiger partial charge on any atom is -0.387 e. The van der Waals surface area contributed by atoms with Crippen LogP contribution in [0.15, 0.2) is 24.3 Å². The quantitative estimate of drug-likeness (QED) is 0.0243. The van der Waals surface area contributed by atoms with Gasteiger partial charge in [-0.2, -0.15) is 0 Å². The Hall–Kier alpha value is -1.02. The van der Waals surface area contributed by atoms with Crippen LogP contribution in [-0.2, 0) is 18.4 Å². The van der Waals surface area contributed by atoms with Crippen LogP contribution in [0.5, 0.6) is 0 Å². The molecule has 446 valence electrons. The lowest BCUT2D eigenvalue weighted by atomic mass is 10.0. The average molecular weight is 1080 g/mol. The summed E-state index contributed by atoms with van der Waals surface area (Å²) in [6.45, 7) is 4.88. The third-order valence-electron chi connectivity index (χ3n) is 15.4. The number of phosphoric ester groups is 1. The second-order valence-corrected chi connectivity index (χ2v) is 25.7. The van der Waals surface area contributed by atoms with E-state index in [4.69, 9.17) is 9.05 Å². The maximum absolute atomic E-state index is 13.0. The summed E-state index contributed by atoms with van der Waals surface area (Å²) in [5.74, 6) is -0.170. The van der Waals surface area contributed by atoms with Gasteiger partial charge in [-0.15, -0.1) is 0 Å². The van der Waals surface area contributed by atoms with Crippen molar-refractivity contribution < 1.29 is 32.9 Å². The van der Waals surface area contributed by atoms with Crippen molar-refractivity contribution in [2.45, 2.75) is 353 Å². The number of aliphatic hydroxyl groups excluding tert-OH is 1. The Kier molecular flexibility index (Phi) is 56.9. The van der Waals surface area contributed by atoms with Crippen molar-refractivity contribution in [1.82, 2.24) is 5.32 Å². The normalized spacial score (nSPS) is 13.9. The molecule has 0 radical (unpaired) electrons. The van der Waals surface area contributed by atoms with Crippen molar-refractivity contribution in [3.8, 4) is 0 Å². The number of hydrogen-bond donors (Lipinski definition) is 3. The van der Waals surface area contributed by atoms with E-state index in [1.165, 1.54) is 289 Å². The van der Waals surface area contributed by atoms with E-state index in [0.717, 1.165) is 32.1 Å². The van der Waals surface area contributed by atoms with Crippen molar-refractivity contribution in [1.29, 1.82) is 0 Å². The molecule has 0 aromatic carbocycles. The predicted octanol–water partition coefficient (Wildman–Crippen LogP) is 20.7. The second-order valence-electron chi connectivity index (χ2n) is 24.2. The van der Waals surface area contributed by atoms with Gasteiger partial charge in [0.2, 0.25) is 5.91 Å². The van der Waals surface area contributed by atoms with Gasteiger partial charge in [0, 0.05) is 6.42 Å². The molecule has 1 amide bonds. The van der Waals surface area contributed by atoms with E-state index in [9.17, 15) is 19.4 Å². The number of allylic oxidation sites excluding steroid dienone is 3. The number of likely N-dealkylation sites (N-methyl/N-ethyl adjacent to an activating group) is 1. The Morgan fingerprint density at radius 1 is 0.440 bits per heavy atom. The summed E-state index contributed by atoms with van der Waals surface area (Å²) in [6.07, 6.45) is 74.5. The summed E-state index contributed by atoms with van der Waals surface area (Å²) in [4.78, 5) is 23.4. The second kappa shape index (κ2) is 57.7. The van der Waals surface area contributed by atoms with Crippen LogP contribution < -0.4 is 5.32 Å². The first-order chi connectivity index (χ1) is 36.5. The molecule has 0 aromatic rings. The molecule has 8 nitrogen and oxygen atoms in total. The van der Waals surface area contributed by atoms with Gasteiger partial charge in [-0.1, -0.05) is 314 Å². The molecule has 9 heteroatoms. The highest BCUT2D eigenvalue weighted by atomic mass is 31.2. The van der Waals surface area contributed by atoms with Gasteiger partial charge in [0.1, 0.15) is 13.2 Å². The number of unbranched alkanes of at least 4 members (excludes halogenated alkanes) is 47. The molecule has 3 unspecified atom stereocenters. The number of quaternary nitrogens is 1. The zero-order valence-corrected chi connectivity index (χ0v) is 52.0. The summed E-state index contributed by atoms with van der Waals surface area (Å²) in [6, 6.07) is -0.845. The molecule has 0 bridgehead atoms. The smallest absolute Gasteiger partial charge is 0.387 e. The molecular formula is C66H132N2O6P+. The average Bonchev–Trinajstić information content (AvgIpc) is 3.37. The van der Waals surface area contributed by atoms with Gasteiger partial charge in [-0.05, 0) is 44.9 Å². The lowest BCUT2D eigenvalue weighted by molar-refractivity contribution is -0.870. The lowest BCUT2D eigenvalue weighted by Gasteiger charge is -2.25. The number of rotatable bonds is 62. The van der Waals surface area contributed by atoms with E-state index < -0.39 is 20.0 Å². The summed E-state index contributed by atoms with van der Waals surface area (Å²) in [7, 11) is 1.59. The number of hydrogen-bond acceptors (Lipinski definition) is 5. The molecule has 0 aliphatic carbocycles. The number of aliphatic hydroxyl groups is 1. The predicted molar refractivity (Wildman–Crippen MR) is 328 cm³/mol. The third kappa shape index (κ3) is 60.5. The Balaban J connectivity index is 4.06. The van der Waals surface area contributed by atoms with Crippen molar-refractivity contribution >= 4 is 13.7 Å². The van der Waals surface area contributed by atoms with E-state index in [0.29, 0.717) is 17.4 Å². The van der Waals surface area contributed by atoms with Crippen LogP contribution in [-0.4, -0.2) is 73.4 Å². The number of nitrogens with zero attached hydrogens (tertiary/aromatic N) is 1. The van der Waals surface area contributed by atoms with Gasteiger partial charge >= 0.3 is 7.82 Å². The minimum atomic E-state index is -4.35. The molecule has 0 aromatic heterocycles. The maximum atomic E-state index is 13.0.